The molecule has 0 radical (unpaired) electrons. The van der Waals surface area contributed by atoms with Gasteiger partial charge in [0.05, 0.1) is 16.3 Å². The maximum atomic E-state index is 13.4. The van der Waals surface area contributed by atoms with Crippen molar-refractivity contribution in [2.45, 2.75) is 28.7 Å². The first kappa shape index (κ1) is 18.3. The van der Waals surface area contributed by atoms with Crippen LogP contribution in [0, 0.1) is 5.82 Å². The number of primary amides is 1. The Morgan fingerprint density at radius 1 is 1.23 bits per heavy atom. The number of benzene rings is 2. The van der Waals surface area contributed by atoms with Gasteiger partial charge >= 0.3 is 0 Å². The number of nitrogens with two attached hydrogens (primary N) is 1. The lowest BCUT2D eigenvalue weighted by Crippen LogP contribution is -2.38. The second kappa shape index (κ2) is 7.43. The molecule has 1 atom stereocenters. The van der Waals surface area contributed by atoms with Crippen molar-refractivity contribution in [1.82, 2.24) is 5.32 Å². The predicted octanol–water partition coefficient (Wildman–Crippen LogP) is 1.43. The van der Waals surface area contributed by atoms with Crippen LogP contribution in [0.15, 0.2) is 52.3 Å². The number of aryl methyl sites for hydroxylation is 1. The smallest absolute Gasteiger partial charge is 0.231 e. The third kappa shape index (κ3) is 4.03. The van der Waals surface area contributed by atoms with Gasteiger partial charge in [-0.05, 0) is 48.7 Å². The molecule has 2 aromatic carbocycles. The number of rotatable bonds is 6. The molecule has 1 unspecified atom stereocenters. The topological polar surface area (TPSA) is 98.5 Å². The molecular weight excluding hydrogens is 359 g/mol. The van der Waals surface area contributed by atoms with Gasteiger partial charge in [0.1, 0.15) is 17.7 Å². The van der Waals surface area contributed by atoms with E-state index in [0.29, 0.717) is 12.3 Å². The van der Waals surface area contributed by atoms with Gasteiger partial charge in [-0.1, -0.05) is 12.1 Å². The van der Waals surface area contributed by atoms with Crippen LogP contribution in [0.2, 0.25) is 0 Å². The van der Waals surface area contributed by atoms with Gasteiger partial charge in [-0.2, -0.15) is 0 Å². The van der Waals surface area contributed by atoms with E-state index < -0.39 is 21.6 Å². The van der Waals surface area contributed by atoms with E-state index in [1.54, 1.807) is 6.07 Å². The van der Waals surface area contributed by atoms with Crippen LogP contribution in [0.3, 0.4) is 0 Å². The Hall–Kier alpha value is -2.45. The van der Waals surface area contributed by atoms with E-state index in [2.05, 4.69) is 5.32 Å². The minimum Gasteiger partial charge on any atom is -0.489 e. The van der Waals surface area contributed by atoms with Crippen molar-refractivity contribution in [1.29, 1.82) is 0 Å². The van der Waals surface area contributed by atoms with Crippen LogP contribution in [-0.2, 0) is 21.1 Å². The molecule has 0 aliphatic carbocycles. The van der Waals surface area contributed by atoms with E-state index >= 15 is 0 Å². The zero-order valence-electron chi connectivity index (χ0n) is 13.9. The second-order valence-corrected chi connectivity index (χ2v) is 8.06. The maximum Gasteiger partial charge on any atom is 0.231 e. The highest BCUT2D eigenvalue weighted by atomic mass is 32.2. The minimum absolute atomic E-state index is 0.0487. The Balaban J connectivity index is 1.81. The Labute approximate surface area is 151 Å². The summed E-state index contributed by atoms with van der Waals surface area (Å²) in [7, 11) is -3.84. The van der Waals surface area contributed by atoms with E-state index in [-0.39, 0.29) is 22.4 Å². The predicted molar refractivity (Wildman–Crippen MR) is 93.1 cm³/mol. The summed E-state index contributed by atoms with van der Waals surface area (Å²) in [6.45, 7) is 0.490. The summed E-state index contributed by atoms with van der Waals surface area (Å²) in [6.07, 6.45) is 1.29. The lowest BCUT2D eigenvalue weighted by atomic mass is 10.0. The van der Waals surface area contributed by atoms with Crippen molar-refractivity contribution in [2.24, 2.45) is 5.73 Å². The number of sulfone groups is 1. The number of carbonyl (C=O) groups is 1. The summed E-state index contributed by atoms with van der Waals surface area (Å²) in [6, 6.07) is 9.59. The molecule has 138 valence electrons. The molecule has 0 fully saturated rings. The molecule has 3 rings (SSSR count). The Bertz CT molecular complexity index is 931. The van der Waals surface area contributed by atoms with Crippen molar-refractivity contribution >= 4 is 15.7 Å². The third-order valence-corrected chi connectivity index (χ3v) is 5.90. The highest BCUT2D eigenvalue weighted by Gasteiger charge is 2.24. The summed E-state index contributed by atoms with van der Waals surface area (Å²) in [5.41, 5.74) is 5.99. The van der Waals surface area contributed by atoms with Gasteiger partial charge in [0.25, 0.3) is 0 Å². The molecule has 0 aromatic heterocycles. The summed E-state index contributed by atoms with van der Waals surface area (Å²) >= 11 is 0. The van der Waals surface area contributed by atoms with Crippen LogP contribution >= 0.6 is 0 Å². The molecule has 1 heterocycles. The quantitative estimate of drug-likeness (QED) is 0.792. The van der Waals surface area contributed by atoms with E-state index in [4.69, 9.17) is 10.5 Å². The molecule has 26 heavy (non-hydrogen) atoms. The molecule has 3 N–H and O–H groups in total. The molecule has 0 saturated carbocycles. The van der Waals surface area contributed by atoms with Crippen LogP contribution in [-0.4, -0.2) is 33.5 Å². The highest BCUT2D eigenvalue weighted by Crippen LogP contribution is 2.32. The van der Waals surface area contributed by atoms with E-state index in [1.165, 1.54) is 30.3 Å². The Kier molecular flexibility index (Phi) is 5.24. The Morgan fingerprint density at radius 3 is 2.73 bits per heavy atom. The van der Waals surface area contributed by atoms with Gasteiger partial charge in [-0.15, -0.1) is 0 Å². The monoisotopic (exact) mass is 378 g/mol. The largest absolute Gasteiger partial charge is 0.489 e. The zero-order valence-corrected chi connectivity index (χ0v) is 14.8. The number of carbonyl (C=O) groups excluding carboxylic acids is 1. The van der Waals surface area contributed by atoms with Gasteiger partial charge in [0.2, 0.25) is 15.7 Å². The van der Waals surface area contributed by atoms with Crippen molar-refractivity contribution in [3.63, 3.8) is 0 Å². The standard InChI is InChI=1S/C18H19FN2O4S/c19-13-2-1-3-15(8-13)26(23,24)16-7-5-12-4-6-14(25-17(12)9-16)10-21-11-18(20)22/h1-3,5,7-9,14,21H,4,6,10-11H2,(H2,20,22). The Morgan fingerprint density at radius 2 is 2.00 bits per heavy atom. The average Bonchev–Trinajstić information content (AvgIpc) is 2.61. The summed E-state index contributed by atoms with van der Waals surface area (Å²) in [5, 5.41) is 2.90. The fourth-order valence-corrected chi connectivity index (χ4v) is 4.15. The number of fused-ring (bicyclic) bond motifs is 1. The molecule has 0 saturated heterocycles. The second-order valence-electron chi connectivity index (χ2n) is 6.11. The van der Waals surface area contributed by atoms with Crippen LogP contribution in [0.4, 0.5) is 4.39 Å². The van der Waals surface area contributed by atoms with Crippen molar-refractivity contribution in [3.8, 4) is 5.75 Å². The normalized spacial score (nSPS) is 16.6. The fourth-order valence-electron chi connectivity index (χ4n) is 2.84. The summed E-state index contributed by atoms with van der Waals surface area (Å²) in [5.74, 6) is -0.579. The number of hydrogen-bond donors (Lipinski definition) is 2. The third-order valence-electron chi connectivity index (χ3n) is 4.16. The number of halogens is 1. The van der Waals surface area contributed by atoms with E-state index in [9.17, 15) is 17.6 Å². The fraction of sp³-hybridized carbons (Fsp3) is 0.278. The molecule has 6 nitrogen and oxygen atoms in total. The summed E-state index contributed by atoms with van der Waals surface area (Å²) in [4.78, 5) is 10.7. The van der Waals surface area contributed by atoms with Gasteiger partial charge in [0.15, 0.2) is 0 Å². The number of nitrogens with one attached hydrogen (secondary N) is 1. The lowest BCUT2D eigenvalue weighted by molar-refractivity contribution is -0.117. The molecule has 0 spiro atoms. The molecule has 1 aliphatic rings. The van der Waals surface area contributed by atoms with Gasteiger partial charge in [0, 0.05) is 6.54 Å². The first-order chi connectivity index (χ1) is 12.4. The molecule has 1 amide bonds. The molecule has 0 bridgehead atoms. The minimum atomic E-state index is -3.84. The molecule has 2 aromatic rings. The van der Waals surface area contributed by atoms with Crippen LogP contribution in [0.5, 0.6) is 5.75 Å². The van der Waals surface area contributed by atoms with E-state index in [0.717, 1.165) is 24.5 Å². The van der Waals surface area contributed by atoms with Crippen molar-refractivity contribution in [2.75, 3.05) is 13.1 Å². The van der Waals surface area contributed by atoms with Crippen LogP contribution < -0.4 is 15.8 Å². The average molecular weight is 378 g/mol. The summed E-state index contributed by atoms with van der Waals surface area (Å²) < 4.78 is 44.7. The van der Waals surface area contributed by atoms with Crippen LogP contribution in [0.1, 0.15) is 12.0 Å². The lowest BCUT2D eigenvalue weighted by Gasteiger charge is -2.26. The molecule has 1 aliphatic heterocycles. The van der Waals surface area contributed by atoms with Gasteiger partial charge < -0.3 is 15.8 Å². The number of ether oxygens (including phenoxy) is 1. The van der Waals surface area contributed by atoms with Gasteiger partial charge in [-0.3, -0.25) is 4.79 Å². The first-order valence-corrected chi connectivity index (χ1v) is 9.64. The van der Waals surface area contributed by atoms with Gasteiger partial charge in [-0.25, -0.2) is 12.8 Å². The highest BCUT2D eigenvalue weighted by molar-refractivity contribution is 7.91. The SMILES string of the molecule is NC(=O)CNCC1CCc2ccc(S(=O)(=O)c3cccc(F)c3)cc2O1. The van der Waals surface area contributed by atoms with Crippen LogP contribution in [0.25, 0.3) is 0 Å². The molecule has 8 heteroatoms. The van der Waals surface area contributed by atoms with E-state index in [1.807, 2.05) is 0 Å². The molecular formula is C18H19FN2O4S. The number of amides is 1. The maximum absolute atomic E-state index is 13.4. The van der Waals surface area contributed by atoms with Crippen molar-refractivity contribution in [3.05, 3.63) is 53.8 Å². The number of hydrogen-bond acceptors (Lipinski definition) is 5. The van der Waals surface area contributed by atoms with Crippen molar-refractivity contribution < 1.29 is 22.3 Å². The zero-order chi connectivity index (χ0) is 18.7. The first-order valence-electron chi connectivity index (χ1n) is 8.15.